The molecule has 1 aromatic rings. The summed E-state index contributed by atoms with van der Waals surface area (Å²) in [6.07, 6.45) is -0.485. The predicted molar refractivity (Wildman–Crippen MR) is 66.4 cm³/mol. The van der Waals surface area contributed by atoms with E-state index in [-0.39, 0.29) is 11.4 Å². The Kier molecular flexibility index (Phi) is 3.30. The number of imide groups is 2. The zero-order valence-corrected chi connectivity index (χ0v) is 10.8. The molecule has 1 saturated heterocycles. The molecule has 8 nitrogen and oxygen atoms in total. The second-order valence-electron chi connectivity index (χ2n) is 3.65. The third-order valence-electron chi connectivity index (χ3n) is 2.39. The molecule has 1 heterocycles. The Balaban J connectivity index is 2.48. The highest BCUT2D eigenvalue weighted by molar-refractivity contribution is 9.10. The quantitative estimate of drug-likeness (QED) is 0.500. The van der Waals surface area contributed by atoms with E-state index in [2.05, 4.69) is 15.9 Å². The van der Waals surface area contributed by atoms with Crippen LogP contribution < -0.4 is 10.2 Å². The highest BCUT2D eigenvalue weighted by atomic mass is 79.9. The molecule has 0 bridgehead atoms. The number of urea groups is 1. The molecule has 1 aromatic carbocycles. The number of carbonyl (C=O) groups excluding carboxylic acids is 3. The third-order valence-corrected chi connectivity index (χ3v) is 3.06. The van der Waals surface area contributed by atoms with Gasteiger partial charge in [-0.2, -0.15) is 0 Å². The highest BCUT2D eigenvalue weighted by Crippen LogP contribution is 2.31. The van der Waals surface area contributed by atoms with Gasteiger partial charge in [0.15, 0.2) is 0 Å². The molecular formula is C10H6BrN3O5. The lowest BCUT2D eigenvalue weighted by atomic mass is 10.2. The van der Waals surface area contributed by atoms with Crippen molar-refractivity contribution in [1.29, 1.82) is 0 Å². The molecule has 1 aliphatic rings. The predicted octanol–water partition coefficient (Wildman–Crippen LogP) is 1.33. The van der Waals surface area contributed by atoms with Crippen LogP contribution in [0, 0.1) is 10.1 Å². The number of anilines is 1. The largest absolute Gasteiger partial charge is 0.335 e. The molecule has 4 amide bonds. The maximum absolute atomic E-state index is 11.7. The molecule has 0 aliphatic carbocycles. The second-order valence-corrected chi connectivity index (χ2v) is 4.51. The molecule has 0 atom stereocenters. The van der Waals surface area contributed by atoms with Crippen LogP contribution in [0.15, 0.2) is 22.7 Å². The van der Waals surface area contributed by atoms with Gasteiger partial charge in [-0.1, -0.05) is 0 Å². The number of nitro benzene ring substituents is 1. The van der Waals surface area contributed by atoms with Crippen LogP contribution in [0.2, 0.25) is 0 Å². The zero-order chi connectivity index (χ0) is 14.2. The van der Waals surface area contributed by atoms with Crippen molar-refractivity contribution in [2.75, 3.05) is 4.90 Å². The summed E-state index contributed by atoms with van der Waals surface area (Å²) in [6, 6.07) is 2.73. The summed E-state index contributed by atoms with van der Waals surface area (Å²) in [5.74, 6) is -1.44. The number of hydrogen-bond donors (Lipinski definition) is 1. The van der Waals surface area contributed by atoms with E-state index in [0.29, 0.717) is 9.37 Å². The Hall–Kier alpha value is -2.29. The van der Waals surface area contributed by atoms with E-state index in [1.165, 1.54) is 12.1 Å². The first-order valence-electron chi connectivity index (χ1n) is 5.01. The summed E-state index contributed by atoms with van der Waals surface area (Å²) >= 11 is 3.10. The molecule has 0 aromatic heterocycles. The van der Waals surface area contributed by atoms with Crippen LogP contribution in [0.1, 0.15) is 6.42 Å². The summed E-state index contributed by atoms with van der Waals surface area (Å²) < 4.78 is 0.330. The summed E-state index contributed by atoms with van der Waals surface area (Å²) in [7, 11) is 0. The molecule has 9 heteroatoms. The lowest BCUT2D eigenvalue weighted by Crippen LogP contribution is -2.53. The fraction of sp³-hybridized carbons (Fsp3) is 0.100. The summed E-state index contributed by atoms with van der Waals surface area (Å²) in [4.78, 5) is 45.1. The second kappa shape index (κ2) is 4.76. The fourth-order valence-corrected chi connectivity index (χ4v) is 2.00. The van der Waals surface area contributed by atoms with Crippen molar-refractivity contribution in [1.82, 2.24) is 5.32 Å². The first-order valence-corrected chi connectivity index (χ1v) is 5.80. The number of benzene rings is 1. The van der Waals surface area contributed by atoms with E-state index >= 15 is 0 Å². The minimum absolute atomic E-state index is 0.0178. The standard InChI is InChI=1S/C10H6BrN3O5/c11-6-2-1-5(14(18)19)3-7(6)13-9(16)4-8(15)12-10(13)17/h1-3H,4H2,(H,12,15,17). The van der Waals surface area contributed by atoms with E-state index in [0.717, 1.165) is 6.07 Å². The average molecular weight is 328 g/mol. The van der Waals surface area contributed by atoms with Gasteiger partial charge in [-0.05, 0) is 22.0 Å². The summed E-state index contributed by atoms with van der Waals surface area (Å²) in [5, 5.41) is 12.7. The maximum Gasteiger partial charge on any atom is 0.335 e. The van der Waals surface area contributed by atoms with Crippen LogP contribution in [0.4, 0.5) is 16.2 Å². The SMILES string of the molecule is O=C1CC(=O)N(c2cc([N+](=O)[O-])ccc2Br)C(=O)N1. The number of nitrogens with zero attached hydrogens (tertiary/aromatic N) is 2. The van der Waals surface area contributed by atoms with Crippen molar-refractivity contribution in [3.05, 3.63) is 32.8 Å². The lowest BCUT2D eigenvalue weighted by molar-refractivity contribution is -0.384. The molecule has 0 spiro atoms. The van der Waals surface area contributed by atoms with Crippen molar-refractivity contribution < 1.29 is 19.3 Å². The highest BCUT2D eigenvalue weighted by Gasteiger charge is 2.33. The van der Waals surface area contributed by atoms with Gasteiger partial charge in [0.2, 0.25) is 11.8 Å². The average Bonchev–Trinajstić information content (AvgIpc) is 2.29. The van der Waals surface area contributed by atoms with E-state index in [1.54, 1.807) is 0 Å². The number of hydrogen-bond acceptors (Lipinski definition) is 5. The molecule has 0 unspecified atom stereocenters. The van der Waals surface area contributed by atoms with Crippen LogP contribution in [-0.2, 0) is 9.59 Å². The minimum atomic E-state index is -0.928. The van der Waals surface area contributed by atoms with Gasteiger partial charge < -0.3 is 0 Å². The van der Waals surface area contributed by atoms with Gasteiger partial charge in [0.1, 0.15) is 6.42 Å². The molecule has 0 saturated carbocycles. The molecule has 1 aliphatic heterocycles. The number of carbonyl (C=O) groups is 3. The van der Waals surface area contributed by atoms with Crippen LogP contribution in [0.3, 0.4) is 0 Å². The van der Waals surface area contributed by atoms with Crippen LogP contribution in [0.25, 0.3) is 0 Å². The summed E-state index contributed by atoms with van der Waals surface area (Å²) in [6.45, 7) is 0. The number of nitro groups is 1. The Morgan fingerprint density at radius 3 is 2.58 bits per heavy atom. The van der Waals surface area contributed by atoms with Gasteiger partial charge in [-0.15, -0.1) is 0 Å². The fourth-order valence-electron chi connectivity index (χ4n) is 1.58. The number of barbiturate groups is 1. The number of halogens is 1. The number of amides is 4. The van der Waals surface area contributed by atoms with Crippen molar-refractivity contribution in [3.63, 3.8) is 0 Å². The van der Waals surface area contributed by atoms with Gasteiger partial charge in [0, 0.05) is 16.6 Å². The van der Waals surface area contributed by atoms with Gasteiger partial charge in [0.05, 0.1) is 10.6 Å². The molecule has 0 radical (unpaired) electrons. The van der Waals surface area contributed by atoms with E-state index < -0.39 is 29.2 Å². The van der Waals surface area contributed by atoms with E-state index in [1.807, 2.05) is 5.32 Å². The van der Waals surface area contributed by atoms with Gasteiger partial charge in [0.25, 0.3) is 5.69 Å². The molecule has 2 rings (SSSR count). The van der Waals surface area contributed by atoms with E-state index in [4.69, 9.17) is 0 Å². The van der Waals surface area contributed by atoms with Crippen LogP contribution in [-0.4, -0.2) is 22.8 Å². The lowest BCUT2D eigenvalue weighted by Gasteiger charge is -2.25. The molecule has 1 fully saturated rings. The van der Waals surface area contributed by atoms with Crippen LogP contribution >= 0.6 is 15.9 Å². The van der Waals surface area contributed by atoms with Crippen LogP contribution in [0.5, 0.6) is 0 Å². The molecule has 19 heavy (non-hydrogen) atoms. The topological polar surface area (TPSA) is 110 Å². The van der Waals surface area contributed by atoms with Gasteiger partial charge in [-0.25, -0.2) is 9.69 Å². The number of rotatable bonds is 2. The molecule has 98 valence electrons. The number of nitrogens with one attached hydrogen (secondary N) is 1. The summed E-state index contributed by atoms with van der Waals surface area (Å²) in [5.41, 5.74) is -0.250. The zero-order valence-electron chi connectivity index (χ0n) is 9.25. The molecule has 1 N–H and O–H groups in total. The minimum Gasteiger partial charge on any atom is -0.277 e. The Labute approximate surface area is 114 Å². The molecular weight excluding hydrogens is 322 g/mol. The third kappa shape index (κ3) is 2.45. The smallest absolute Gasteiger partial charge is 0.277 e. The first-order chi connectivity index (χ1) is 8.90. The van der Waals surface area contributed by atoms with Gasteiger partial charge in [-0.3, -0.25) is 25.0 Å². The van der Waals surface area contributed by atoms with Crippen molar-refractivity contribution in [2.24, 2.45) is 0 Å². The van der Waals surface area contributed by atoms with Crippen molar-refractivity contribution in [2.45, 2.75) is 6.42 Å². The Morgan fingerprint density at radius 2 is 2.00 bits per heavy atom. The number of non-ortho nitro benzene ring substituents is 1. The van der Waals surface area contributed by atoms with Crippen molar-refractivity contribution >= 4 is 45.2 Å². The maximum atomic E-state index is 11.7. The van der Waals surface area contributed by atoms with Gasteiger partial charge >= 0.3 is 6.03 Å². The first kappa shape index (κ1) is 13.1. The van der Waals surface area contributed by atoms with Crippen molar-refractivity contribution in [3.8, 4) is 0 Å². The Bertz CT molecular complexity index is 595. The van der Waals surface area contributed by atoms with E-state index in [9.17, 15) is 24.5 Å². The Morgan fingerprint density at radius 1 is 1.32 bits per heavy atom. The normalized spacial score (nSPS) is 15.4. The monoisotopic (exact) mass is 327 g/mol.